The third kappa shape index (κ3) is 7.18. The summed E-state index contributed by atoms with van der Waals surface area (Å²) in [6.45, 7) is 2.23. The van der Waals surface area contributed by atoms with Crippen LogP contribution in [-0.2, 0) is 16.0 Å². The van der Waals surface area contributed by atoms with E-state index in [-0.39, 0.29) is 34.4 Å². The van der Waals surface area contributed by atoms with Crippen LogP contribution in [0.3, 0.4) is 0 Å². The molecule has 1 heterocycles. The number of imide groups is 1. The van der Waals surface area contributed by atoms with Crippen LogP contribution in [0.15, 0.2) is 77.7 Å². The van der Waals surface area contributed by atoms with E-state index >= 15 is 0 Å². The smallest absolute Gasteiger partial charge is 0.293 e. The molecule has 3 aromatic carbocycles. The Bertz CT molecular complexity index is 1330. The maximum absolute atomic E-state index is 12.9. The number of hydrogen-bond donors (Lipinski definition) is 1. The Kier molecular flexibility index (Phi) is 9.46. The second kappa shape index (κ2) is 13.2. The number of nitrogens with zero attached hydrogens (tertiary/aromatic N) is 1. The van der Waals surface area contributed by atoms with E-state index in [2.05, 4.69) is 5.32 Å². The molecule has 3 aromatic rings. The lowest BCUT2D eigenvalue weighted by Gasteiger charge is -2.15. The second-order valence-electron chi connectivity index (χ2n) is 8.39. The van der Waals surface area contributed by atoms with Crippen molar-refractivity contribution >= 4 is 52.2 Å². The number of ether oxygens (including phenoxy) is 2. The lowest BCUT2D eigenvalue weighted by Crippen LogP contribution is -2.29. The number of hydrogen-bond acceptors (Lipinski definition) is 6. The Labute approximate surface area is 230 Å². The Morgan fingerprint density at radius 1 is 1.03 bits per heavy atom. The highest BCUT2D eigenvalue weighted by molar-refractivity contribution is 8.18. The monoisotopic (exact) mass is 550 g/mol. The van der Waals surface area contributed by atoms with E-state index in [9.17, 15) is 14.4 Å². The summed E-state index contributed by atoms with van der Waals surface area (Å²) in [5, 5.41) is 2.67. The molecule has 7 nitrogen and oxygen atoms in total. The molecular formula is C29H27ClN2O5S. The van der Waals surface area contributed by atoms with Crippen molar-refractivity contribution in [2.75, 3.05) is 25.1 Å². The van der Waals surface area contributed by atoms with E-state index in [1.807, 2.05) is 55.5 Å². The summed E-state index contributed by atoms with van der Waals surface area (Å²) in [6, 6.07) is 22.3. The zero-order chi connectivity index (χ0) is 26.9. The molecule has 0 aromatic heterocycles. The fourth-order valence-corrected chi connectivity index (χ4v) is 5.00. The summed E-state index contributed by atoms with van der Waals surface area (Å²) in [5.41, 5.74) is 2.39. The number of carbonyl (C=O) groups is 3. The van der Waals surface area contributed by atoms with Crippen LogP contribution in [0.4, 0.5) is 10.5 Å². The van der Waals surface area contributed by atoms with Gasteiger partial charge in [0.25, 0.3) is 17.1 Å². The van der Waals surface area contributed by atoms with Gasteiger partial charge in [0, 0.05) is 12.2 Å². The molecule has 38 heavy (non-hydrogen) atoms. The first-order chi connectivity index (χ1) is 18.4. The van der Waals surface area contributed by atoms with E-state index in [4.69, 9.17) is 21.1 Å². The van der Waals surface area contributed by atoms with Gasteiger partial charge < -0.3 is 14.8 Å². The van der Waals surface area contributed by atoms with Crippen molar-refractivity contribution in [3.63, 3.8) is 0 Å². The molecule has 0 saturated carbocycles. The number of benzene rings is 3. The minimum atomic E-state index is -0.347. The van der Waals surface area contributed by atoms with Gasteiger partial charge in [0.2, 0.25) is 0 Å². The highest BCUT2D eigenvalue weighted by Crippen LogP contribution is 2.39. The first-order valence-electron chi connectivity index (χ1n) is 12.2. The van der Waals surface area contributed by atoms with Crippen LogP contribution in [-0.4, -0.2) is 41.7 Å². The molecule has 196 valence electrons. The quantitative estimate of drug-likeness (QED) is 0.277. The van der Waals surface area contributed by atoms with Crippen molar-refractivity contribution in [1.82, 2.24) is 4.90 Å². The summed E-state index contributed by atoms with van der Waals surface area (Å²) in [7, 11) is 0. The second-order valence-corrected chi connectivity index (χ2v) is 9.79. The van der Waals surface area contributed by atoms with Gasteiger partial charge in [-0.25, -0.2) is 0 Å². The maximum Gasteiger partial charge on any atom is 0.293 e. The summed E-state index contributed by atoms with van der Waals surface area (Å²) in [6.07, 6.45) is 3.07. The lowest BCUT2D eigenvalue weighted by atomic mass is 10.1. The molecule has 0 aliphatic carbocycles. The maximum atomic E-state index is 12.9. The number of anilines is 1. The van der Waals surface area contributed by atoms with Crippen LogP contribution in [0, 0.1) is 0 Å². The zero-order valence-corrected chi connectivity index (χ0v) is 22.4. The fraction of sp³-hybridized carbons (Fsp3) is 0.207. The molecule has 0 spiro atoms. The highest BCUT2D eigenvalue weighted by Gasteiger charge is 2.34. The molecular weight excluding hydrogens is 524 g/mol. The van der Waals surface area contributed by atoms with E-state index in [0.717, 1.165) is 23.7 Å². The third-order valence-electron chi connectivity index (χ3n) is 5.60. The van der Waals surface area contributed by atoms with Crippen LogP contribution in [0.5, 0.6) is 11.5 Å². The van der Waals surface area contributed by atoms with Crippen molar-refractivity contribution in [3.8, 4) is 11.5 Å². The lowest BCUT2D eigenvalue weighted by molar-refractivity contribution is -0.122. The average molecular weight is 551 g/mol. The van der Waals surface area contributed by atoms with Crippen LogP contribution in [0.2, 0.25) is 5.02 Å². The largest absolute Gasteiger partial charge is 0.490 e. The molecule has 0 atom stereocenters. The molecule has 1 saturated heterocycles. The number of para-hydroxylation sites is 1. The van der Waals surface area contributed by atoms with Gasteiger partial charge in [-0.1, -0.05) is 60.1 Å². The Morgan fingerprint density at radius 3 is 2.45 bits per heavy atom. The van der Waals surface area contributed by atoms with E-state index in [0.29, 0.717) is 41.5 Å². The average Bonchev–Trinajstić information content (AvgIpc) is 3.17. The normalized spacial score (nSPS) is 14.2. The Morgan fingerprint density at radius 2 is 1.74 bits per heavy atom. The predicted octanol–water partition coefficient (Wildman–Crippen LogP) is 6.43. The van der Waals surface area contributed by atoms with Crippen LogP contribution < -0.4 is 14.8 Å². The van der Waals surface area contributed by atoms with Gasteiger partial charge in [0.15, 0.2) is 18.1 Å². The molecule has 9 heteroatoms. The highest BCUT2D eigenvalue weighted by atomic mass is 35.5. The van der Waals surface area contributed by atoms with Gasteiger partial charge in [-0.05, 0) is 73.0 Å². The number of nitrogens with one attached hydrogen (secondary N) is 1. The Hall–Kier alpha value is -3.75. The summed E-state index contributed by atoms with van der Waals surface area (Å²) in [5.74, 6) is -0.122. The first kappa shape index (κ1) is 27.3. The molecule has 1 fully saturated rings. The predicted molar refractivity (Wildman–Crippen MR) is 151 cm³/mol. The van der Waals surface area contributed by atoms with E-state index in [1.54, 1.807) is 30.3 Å². The van der Waals surface area contributed by atoms with Crippen molar-refractivity contribution in [2.24, 2.45) is 0 Å². The summed E-state index contributed by atoms with van der Waals surface area (Å²) in [4.78, 5) is 39.3. The van der Waals surface area contributed by atoms with Crippen LogP contribution >= 0.6 is 23.4 Å². The number of halogens is 1. The van der Waals surface area contributed by atoms with Crippen molar-refractivity contribution in [3.05, 3.63) is 93.9 Å². The minimum Gasteiger partial charge on any atom is -0.490 e. The van der Waals surface area contributed by atoms with Gasteiger partial charge >= 0.3 is 0 Å². The van der Waals surface area contributed by atoms with Crippen LogP contribution in [0.25, 0.3) is 6.08 Å². The molecule has 0 bridgehead atoms. The zero-order valence-electron chi connectivity index (χ0n) is 20.8. The third-order valence-corrected chi connectivity index (χ3v) is 6.79. The number of carbonyl (C=O) groups excluding carboxylic acids is 3. The molecule has 1 aliphatic rings. The van der Waals surface area contributed by atoms with Gasteiger partial charge in [0.1, 0.15) is 0 Å². The Balaban J connectivity index is 1.42. The van der Waals surface area contributed by atoms with E-state index in [1.165, 1.54) is 4.90 Å². The number of thioether (sulfide) groups is 1. The van der Waals surface area contributed by atoms with Gasteiger partial charge in [-0.3, -0.25) is 19.3 Å². The molecule has 3 amide bonds. The SMILES string of the molecule is CCOc1cc(/C=C2/SC(=O)N(CCCc3ccccc3)C2=O)cc(Cl)c1OCC(=O)Nc1ccccc1. The van der Waals surface area contributed by atoms with Crippen molar-refractivity contribution in [2.45, 2.75) is 19.8 Å². The number of aryl methyl sites for hydroxylation is 1. The molecule has 0 radical (unpaired) electrons. The number of amides is 3. The van der Waals surface area contributed by atoms with Gasteiger partial charge in [-0.2, -0.15) is 0 Å². The molecule has 1 N–H and O–H groups in total. The van der Waals surface area contributed by atoms with Gasteiger partial charge in [0.05, 0.1) is 16.5 Å². The molecule has 4 rings (SSSR count). The first-order valence-corrected chi connectivity index (χ1v) is 13.4. The summed E-state index contributed by atoms with van der Waals surface area (Å²) >= 11 is 7.38. The molecule has 0 unspecified atom stereocenters. The van der Waals surface area contributed by atoms with Gasteiger partial charge in [-0.15, -0.1) is 0 Å². The molecule has 1 aliphatic heterocycles. The van der Waals surface area contributed by atoms with Crippen molar-refractivity contribution in [1.29, 1.82) is 0 Å². The van der Waals surface area contributed by atoms with Crippen LogP contribution in [0.1, 0.15) is 24.5 Å². The van der Waals surface area contributed by atoms with E-state index < -0.39 is 0 Å². The number of rotatable bonds is 11. The fourth-order valence-electron chi connectivity index (χ4n) is 3.86. The summed E-state index contributed by atoms with van der Waals surface area (Å²) < 4.78 is 11.4. The minimum absolute atomic E-state index is 0.219. The topological polar surface area (TPSA) is 84.9 Å². The standard InChI is InChI=1S/C29H27ClN2O5S/c1-2-36-24-17-21(16-23(30)27(24)37-19-26(33)31-22-13-7-4-8-14-22)18-25-28(34)32(29(35)38-25)15-9-12-20-10-5-3-6-11-20/h3-8,10-11,13-14,16-18H,2,9,12,15,19H2,1H3,(H,31,33)/b25-18+. The van der Waals surface area contributed by atoms with Crippen molar-refractivity contribution < 1.29 is 23.9 Å².